The zero-order valence-electron chi connectivity index (χ0n) is 16.6. The van der Waals surface area contributed by atoms with Crippen molar-refractivity contribution in [2.45, 2.75) is 26.3 Å². The molecule has 5 heteroatoms. The molecule has 1 aromatic heterocycles. The van der Waals surface area contributed by atoms with Crippen molar-refractivity contribution in [3.05, 3.63) is 77.5 Å². The number of benzene rings is 2. The fraction of sp³-hybridized carbons (Fsp3) is 0.250. The highest BCUT2D eigenvalue weighted by Gasteiger charge is 2.17. The first-order chi connectivity index (χ1) is 14.1. The molecule has 0 saturated heterocycles. The average molecular weight is 388 g/mol. The molecule has 5 nitrogen and oxygen atoms in total. The molecule has 1 aliphatic rings. The summed E-state index contributed by atoms with van der Waals surface area (Å²) in [6.07, 6.45) is 0.863. The lowest BCUT2D eigenvalue weighted by molar-refractivity contribution is 0.0939. The number of fused-ring (bicyclic) bond motifs is 1. The Morgan fingerprint density at radius 2 is 1.76 bits per heavy atom. The number of hydrogen-bond donors (Lipinski definition) is 1. The van der Waals surface area contributed by atoms with Crippen molar-refractivity contribution >= 4 is 5.91 Å². The Balaban J connectivity index is 1.50. The van der Waals surface area contributed by atoms with Gasteiger partial charge in [0.2, 0.25) is 0 Å². The molecule has 1 unspecified atom stereocenters. The van der Waals surface area contributed by atoms with E-state index in [0.717, 1.165) is 34.7 Å². The monoisotopic (exact) mass is 388 g/mol. The number of carbonyl (C=O) groups is 1. The fourth-order valence-electron chi connectivity index (χ4n) is 3.38. The molecule has 148 valence electrons. The summed E-state index contributed by atoms with van der Waals surface area (Å²) in [6.45, 7) is 5.11. The molecule has 29 heavy (non-hydrogen) atoms. The Bertz CT molecular complexity index is 1020. The topological polar surface area (TPSA) is 60.5 Å². The van der Waals surface area contributed by atoms with Crippen molar-refractivity contribution < 1.29 is 14.3 Å². The van der Waals surface area contributed by atoms with Gasteiger partial charge in [-0.3, -0.25) is 9.78 Å². The summed E-state index contributed by atoms with van der Waals surface area (Å²) >= 11 is 0. The number of aryl methyl sites for hydroxylation is 1. The summed E-state index contributed by atoms with van der Waals surface area (Å²) in [6, 6.07) is 19.3. The molecular weight excluding hydrogens is 364 g/mol. The average Bonchev–Trinajstić information content (AvgIpc) is 2.99. The van der Waals surface area contributed by atoms with Crippen LogP contribution in [-0.2, 0) is 0 Å². The van der Waals surface area contributed by atoms with E-state index in [1.54, 1.807) is 0 Å². The van der Waals surface area contributed by atoms with Gasteiger partial charge in [-0.05, 0) is 43.7 Å². The van der Waals surface area contributed by atoms with Gasteiger partial charge >= 0.3 is 0 Å². The highest BCUT2D eigenvalue weighted by Crippen LogP contribution is 2.32. The van der Waals surface area contributed by atoms with Crippen LogP contribution in [0, 0.1) is 6.92 Å². The quantitative estimate of drug-likeness (QED) is 0.703. The lowest BCUT2D eigenvalue weighted by Crippen LogP contribution is -2.27. The van der Waals surface area contributed by atoms with Crippen LogP contribution in [0.3, 0.4) is 0 Å². The normalized spacial score (nSPS) is 14.0. The maximum Gasteiger partial charge on any atom is 0.253 e. The summed E-state index contributed by atoms with van der Waals surface area (Å²) in [7, 11) is 0. The standard InChI is InChI=1S/C24H24N2O3/c1-16(19-9-12-22-23(15-19)29-14-6-13-28-22)26-24(27)20-10-11-21(25-17(20)2)18-7-4-3-5-8-18/h3-5,7-12,15-16H,6,13-14H2,1-2H3,(H,26,27). The predicted molar refractivity (Wildman–Crippen MR) is 112 cm³/mol. The van der Waals surface area contributed by atoms with Crippen molar-refractivity contribution in [3.63, 3.8) is 0 Å². The largest absolute Gasteiger partial charge is 0.490 e. The molecule has 0 saturated carbocycles. The highest BCUT2D eigenvalue weighted by molar-refractivity contribution is 5.95. The summed E-state index contributed by atoms with van der Waals surface area (Å²) in [5, 5.41) is 3.06. The minimum Gasteiger partial charge on any atom is -0.490 e. The van der Waals surface area contributed by atoms with Crippen LogP contribution < -0.4 is 14.8 Å². The van der Waals surface area contributed by atoms with Crippen LogP contribution in [0.4, 0.5) is 0 Å². The number of nitrogens with zero attached hydrogens (tertiary/aromatic N) is 1. The number of hydrogen-bond acceptors (Lipinski definition) is 4. The highest BCUT2D eigenvalue weighted by atomic mass is 16.5. The third-order valence-electron chi connectivity index (χ3n) is 5.02. The minimum atomic E-state index is -0.173. The van der Waals surface area contributed by atoms with Gasteiger partial charge < -0.3 is 14.8 Å². The molecule has 1 aliphatic heterocycles. The first kappa shape index (κ1) is 19.0. The van der Waals surface area contributed by atoms with Crippen molar-refractivity contribution in [3.8, 4) is 22.8 Å². The van der Waals surface area contributed by atoms with Crippen LogP contribution in [0.2, 0.25) is 0 Å². The fourth-order valence-corrected chi connectivity index (χ4v) is 3.38. The maximum atomic E-state index is 12.8. The number of rotatable bonds is 4. The molecule has 0 radical (unpaired) electrons. The molecule has 1 amide bonds. The van der Waals surface area contributed by atoms with Gasteiger partial charge in [0, 0.05) is 12.0 Å². The summed E-state index contributed by atoms with van der Waals surface area (Å²) in [5.41, 5.74) is 4.13. The summed E-state index contributed by atoms with van der Waals surface area (Å²) in [5.74, 6) is 1.33. The van der Waals surface area contributed by atoms with Crippen molar-refractivity contribution in [2.24, 2.45) is 0 Å². The molecule has 1 N–H and O–H groups in total. The predicted octanol–water partition coefficient (Wildman–Crippen LogP) is 4.71. The molecule has 2 heterocycles. The number of aromatic nitrogens is 1. The van der Waals surface area contributed by atoms with Crippen LogP contribution in [-0.4, -0.2) is 24.1 Å². The Hall–Kier alpha value is -3.34. The second-order valence-electron chi connectivity index (χ2n) is 7.15. The molecule has 1 atom stereocenters. The number of amides is 1. The van der Waals surface area contributed by atoms with E-state index in [1.807, 2.05) is 74.5 Å². The van der Waals surface area contributed by atoms with Crippen LogP contribution in [0.1, 0.15) is 41.0 Å². The van der Waals surface area contributed by atoms with Gasteiger partial charge in [-0.1, -0.05) is 36.4 Å². The number of carbonyl (C=O) groups excluding carboxylic acids is 1. The van der Waals surface area contributed by atoms with Crippen LogP contribution in [0.15, 0.2) is 60.7 Å². The second-order valence-corrected chi connectivity index (χ2v) is 7.15. The lowest BCUT2D eigenvalue weighted by Gasteiger charge is -2.17. The van der Waals surface area contributed by atoms with Crippen LogP contribution >= 0.6 is 0 Å². The smallest absolute Gasteiger partial charge is 0.253 e. The van der Waals surface area contributed by atoms with Crippen LogP contribution in [0.25, 0.3) is 11.3 Å². The molecular formula is C24H24N2O3. The molecule has 3 aromatic rings. The molecule has 0 bridgehead atoms. The Morgan fingerprint density at radius 1 is 1.00 bits per heavy atom. The third-order valence-corrected chi connectivity index (χ3v) is 5.02. The first-order valence-electron chi connectivity index (χ1n) is 9.85. The minimum absolute atomic E-state index is 0.144. The van der Waals surface area contributed by atoms with Gasteiger partial charge in [0.15, 0.2) is 11.5 Å². The number of ether oxygens (including phenoxy) is 2. The summed E-state index contributed by atoms with van der Waals surface area (Å²) < 4.78 is 11.4. The Labute approximate surface area is 170 Å². The van der Waals surface area contributed by atoms with E-state index in [4.69, 9.17) is 9.47 Å². The number of pyridine rings is 1. The Morgan fingerprint density at radius 3 is 2.52 bits per heavy atom. The van der Waals surface area contributed by atoms with Gasteiger partial charge in [-0.2, -0.15) is 0 Å². The maximum absolute atomic E-state index is 12.8. The molecule has 2 aromatic carbocycles. The van der Waals surface area contributed by atoms with E-state index in [0.29, 0.717) is 24.5 Å². The first-order valence-corrected chi connectivity index (χ1v) is 9.85. The van der Waals surface area contributed by atoms with E-state index >= 15 is 0 Å². The van der Waals surface area contributed by atoms with Crippen molar-refractivity contribution in [2.75, 3.05) is 13.2 Å². The Kier molecular flexibility index (Phi) is 5.47. The van der Waals surface area contributed by atoms with Gasteiger partial charge in [0.25, 0.3) is 5.91 Å². The lowest BCUT2D eigenvalue weighted by atomic mass is 10.1. The van der Waals surface area contributed by atoms with Crippen LogP contribution in [0.5, 0.6) is 11.5 Å². The molecule has 0 fully saturated rings. The van der Waals surface area contributed by atoms with E-state index in [2.05, 4.69) is 10.3 Å². The zero-order valence-corrected chi connectivity index (χ0v) is 16.6. The van der Waals surface area contributed by atoms with E-state index in [9.17, 15) is 4.79 Å². The van der Waals surface area contributed by atoms with E-state index in [-0.39, 0.29) is 11.9 Å². The molecule has 0 spiro atoms. The second kappa shape index (κ2) is 8.35. The van der Waals surface area contributed by atoms with Gasteiger partial charge in [0.05, 0.1) is 36.2 Å². The van der Waals surface area contributed by atoms with Gasteiger partial charge in [-0.15, -0.1) is 0 Å². The third kappa shape index (κ3) is 4.24. The van der Waals surface area contributed by atoms with E-state index < -0.39 is 0 Å². The zero-order chi connectivity index (χ0) is 20.2. The van der Waals surface area contributed by atoms with Crippen molar-refractivity contribution in [1.82, 2.24) is 10.3 Å². The van der Waals surface area contributed by atoms with E-state index in [1.165, 1.54) is 0 Å². The SMILES string of the molecule is Cc1nc(-c2ccccc2)ccc1C(=O)NC(C)c1ccc2c(c1)OCCCO2. The van der Waals surface area contributed by atoms with Crippen molar-refractivity contribution in [1.29, 1.82) is 0 Å². The molecule has 4 rings (SSSR count). The molecule has 0 aliphatic carbocycles. The number of nitrogens with one attached hydrogen (secondary N) is 1. The van der Waals surface area contributed by atoms with Gasteiger partial charge in [0.1, 0.15) is 0 Å². The van der Waals surface area contributed by atoms with Gasteiger partial charge in [-0.25, -0.2) is 0 Å². The summed E-state index contributed by atoms with van der Waals surface area (Å²) in [4.78, 5) is 17.4.